The van der Waals surface area contributed by atoms with Crippen LogP contribution in [0.2, 0.25) is 5.02 Å². The van der Waals surface area contributed by atoms with E-state index in [1.165, 1.54) is 12.8 Å². The molecule has 1 amide bonds. The Labute approximate surface area is 204 Å². The largest absolute Gasteiger partial charge is 0.494 e. The molecule has 33 heavy (non-hydrogen) atoms. The summed E-state index contributed by atoms with van der Waals surface area (Å²) >= 11 is 7.97. The summed E-state index contributed by atoms with van der Waals surface area (Å²) in [5, 5.41) is 4.77. The van der Waals surface area contributed by atoms with Crippen LogP contribution in [-0.2, 0) is 0 Å². The minimum Gasteiger partial charge on any atom is -0.494 e. The van der Waals surface area contributed by atoms with Gasteiger partial charge in [-0.3, -0.25) is 9.69 Å². The van der Waals surface area contributed by atoms with Crippen molar-refractivity contribution in [1.29, 1.82) is 0 Å². The Hall–Kier alpha value is -2.35. The van der Waals surface area contributed by atoms with E-state index >= 15 is 0 Å². The standard InChI is InChI=1S/C25H31ClN4O2S/c1-2-3-4-18-32-20-10-8-19(9-11-20)24(31)27-12-13-29-14-16-30(17-15-29)25-28-23-21(26)6-5-7-22(23)33-25/h5-11H,2-4,12-18H2,1H3,(H,27,31). The number of halogens is 1. The van der Waals surface area contributed by atoms with E-state index < -0.39 is 0 Å². The number of aromatic nitrogens is 1. The molecule has 3 aromatic rings. The molecule has 1 N–H and O–H groups in total. The SMILES string of the molecule is CCCCCOc1ccc(C(=O)NCCN2CCN(c3nc4c(Cl)cccc4s3)CC2)cc1. The summed E-state index contributed by atoms with van der Waals surface area (Å²) in [6.45, 7) is 8.10. The third kappa shape index (κ3) is 6.37. The molecule has 0 spiro atoms. The predicted molar refractivity (Wildman–Crippen MR) is 137 cm³/mol. The van der Waals surface area contributed by atoms with Crippen LogP contribution in [0.5, 0.6) is 5.75 Å². The molecule has 0 radical (unpaired) electrons. The van der Waals surface area contributed by atoms with Gasteiger partial charge in [0.2, 0.25) is 0 Å². The lowest BCUT2D eigenvalue weighted by Gasteiger charge is -2.34. The van der Waals surface area contributed by atoms with Gasteiger partial charge in [0.25, 0.3) is 5.91 Å². The quantitative estimate of drug-likeness (QED) is 0.405. The van der Waals surface area contributed by atoms with Crippen LogP contribution in [0.3, 0.4) is 0 Å². The lowest BCUT2D eigenvalue weighted by atomic mass is 10.2. The van der Waals surface area contributed by atoms with Gasteiger partial charge in [-0.1, -0.05) is 48.8 Å². The highest BCUT2D eigenvalue weighted by molar-refractivity contribution is 7.22. The number of benzene rings is 2. The van der Waals surface area contributed by atoms with E-state index in [4.69, 9.17) is 21.3 Å². The molecule has 1 aliphatic rings. The summed E-state index contributed by atoms with van der Waals surface area (Å²) in [6, 6.07) is 13.3. The summed E-state index contributed by atoms with van der Waals surface area (Å²) in [5.41, 5.74) is 1.55. The summed E-state index contributed by atoms with van der Waals surface area (Å²) < 4.78 is 6.84. The monoisotopic (exact) mass is 486 g/mol. The number of para-hydroxylation sites is 1. The van der Waals surface area contributed by atoms with Gasteiger partial charge >= 0.3 is 0 Å². The highest BCUT2D eigenvalue weighted by Crippen LogP contribution is 2.33. The van der Waals surface area contributed by atoms with Crippen LogP contribution in [0, 0.1) is 0 Å². The van der Waals surface area contributed by atoms with Gasteiger partial charge in [0.05, 0.1) is 16.3 Å². The van der Waals surface area contributed by atoms with Crippen molar-refractivity contribution in [3.8, 4) is 5.75 Å². The Balaban J connectivity index is 1.17. The third-order valence-corrected chi connectivity index (χ3v) is 7.23. The molecule has 0 aliphatic carbocycles. The Kier molecular flexibility index (Phi) is 8.42. The topological polar surface area (TPSA) is 57.7 Å². The summed E-state index contributed by atoms with van der Waals surface area (Å²) in [5.74, 6) is 0.772. The number of rotatable bonds is 10. The van der Waals surface area contributed by atoms with Gasteiger partial charge in [0.15, 0.2) is 5.13 Å². The first-order valence-electron chi connectivity index (χ1n) is 11.7. The minimum absolute atomic E-state index is 0.0440. The molecule has 1 fully saturated rings. The van der Waals surface area contributed by atoms with Gasteiger partial charge in [0.1, 0.15) is 11.3 Å². The average molecular weight is 487 g/mol. The van der Waals surface area contributed by atoms with Gasteiger partial charge in [-0.15, -0.1) is 0 Å². The fraction of sp³-hybridized carbons (Fsp3) is 0.440. The van der Waals surface area contributed by atoms with Crippen LogP contribution >= 0.6 is 22.9 Å². The molecule has 0 unspecified atom stereocenters. The molecule has 6 nitrogen and oxygen atoms in total. The minimum atomic E-state index is -0.0440. The van der Waals surface area contributed by atoms with E-state index in [-0.39, 0.29) is 5.91 Å². The first-order chi connectivity index (χ1) is 16.1. The number of amides is 1. The zero-order valence-electron chi connectivity index (χ0n) is 19.1. The zero-order valence-corrected chi connectivity index (χ0v) is 20.6. The fourth-order valence-corrected chi connectivity index (χ4v) is 5.19. The number of fused-ring (bicyclic) bond motifs is 1. The predicted octanol–water partition coefficient (Wildman–Crippen LogP) is 5.07. The van der Waals surface area contributed by atoms with Crippen LogP contribution in [-0.4, -0.2) is 61.7 Å². The second-order valence-corrected chi connectivity index (χ2v) is 9.66. The maximum atomic E-state index is 12.5. The Morgan fingerprint density at radius 3 is 2.64 bits per heavy atom. The lowest BCUT2D eigenvalue weighted by molar-refractivity contribution is 0.0947. The van der Waals surface area contributed by atoms with Crippen LogP contribution < -0.4 is 15.0 Å². The van der Waals surface area contributed by atoms with Crippen LogP contribution in [0.4, 0.5) is 5.13 Å². The van der Waals surface area contributed by atoms with E-state index in [1.807, 2.05) is 36.4 Å². The maximum Gasteiger partial charge on any atom is 0.251 e. The number of hydrogen-bond donors (Lipinski definition) is 1. The smallest absolute Gasteiger partial charge is 0.251 e. The molecule has 1 saturated heterocycles. The summed E-state index contributed by atoms with van der Waals surface area (Å²) in [4.78, 5) is 21.9. The van der Waals surface area contributed by atoms with E-state index in [0.717, 1.165) is 66.8 Å². The number of ether oxygens (including phenoxy) is 1. The van der Waals surface area contributed by atoms with Crippen molar-refractivity contribution in [1.82, 2.24) is 15.2 Å². The van der Waals surface area contributed by atoms with E-state index in [1.54, 1.807) is 11.3 Å². The van der Waals surface area contributed by atoms with Crippen molar-refractivity contribution in [2.24, 2.45) is 0 Å². The highest BCUT2D eigenvalue weighted by Gasteiger charge is 2.20. The van der Waals surface area contributed by atoms with Gasteiger partial charge < -0.3 is 15.0 Å². The lowest BCUT2D eigenvalue weighted by Crippen LogP contribution is -2.48. The number of carbonyl (C=O) groups excluding carboxylic acids is 1. The molecule has 176 valence electrons. The number of carbonyl (C=O) groups is 1. The second kappa shape index (κ2) is 11.7. The van der Waals surface area contributed by atoms with Gasteiger partial charge in [-0.05, 0) is 42.8 Å². The van der Waals surface area contributed by atoms with Crippen LogP contribution in [0.25, 0.3) is 10.2 Å². The maximum absolute atomic E-state index is 12.5. The van der Waals surface area contributed by atoms with E-state index in [0.29, 0.717) is 17.1 Å². The normalized spacial score (nSPS) is 14.5. The zero-order chi connectivity index (χ0) is 23.0. The van der Waals surface area contributed by atoms with Crippen molar-refractivity contribution in [3.05, 3.63) is 53.1 Å². The first kappa shape index (κ1) is 23.8. The van der Waals surface area contributed by atoms with Gasteiger partial charge in [-0.25, -0.2) is 4.98 Å². The number of thiazole rings is 1. The van der Waals surface area contributed by atoms with Crippen molar-refractivity contribution in [3.63, 3.8) is 0 Å². The van der Waals surface area contributed by atoms with Crippen molar-refractivity contribution >= 4 is 44.2 Å². The molecule has 0 saturated carbocycles. The Morgan fingerprint density at radius 1 is 1.12 bits per heavy atom. The molecular formula is C25H31ClN4O2S. The summed E-state index contributed by atoms with van der Waals surface area (Å²) in [6.07, 6.45) is 3.41. The number of nitrogens with zero attached hydrogens (tertiary/aromatic N) is 3. The van der Waals surface area contributed by atoms with Gasteiger partial charge in [0, 0.05) is 44.8 Å². The van der Waals surface area contributed by atoms with E-state index in [2.05, 4.69) is 28.1 Å². The molecule has 2 aromatic carbocycles. The number of anilines is 1. The average Bonchev–Trinajstić information content (AvgIpc) is 3.28. The van der Waals surface area contributed by atoms with Crippen molar-refractivity contribution in [2.45, 2.75) is 26.2 Å². The summed E-state index contributed by atoms with van der Waals surface area (Å²) in [7, 11) is 0. The molecule has 1 aromatic heterocycles. The number of unbranched alkanes of at least 4 members (excludes halogenated alkanes) is 2. The Morgan fingerprint density at radius 2 is 1.91 bits per heavy atom. The molecular weight excluding hydrogens is 456 g/mol. The molecule has 0 atom stereocenters. The Bertz CT molecular complexity index is 1050. The third-order valence-electron chi connectivity index (χ3n) is 5.85. The van der Waals surface area contributed by atoms with Crippen LogP contribution in [0.1, 0.15) is 36.5 Å². The molecule has 1 aliphatic heterocycles. The van der Waals surface area contributed by atoms with Crippen molar-refractivity contribution < 1.29 is 9.53 Å². The fourth-order valence-electron chi connectivity index (χ4n) is 3.88. The second-order valence-electron chi connectivity index (χ2n) is 8.25. The highest BCUT2D eigenvalue weighted by atomic mass is 35.5. The van der Waals surface area contributed by atoms with Crippen LogP contribution in [0.15, 0.2) is 42.5 Å². The number of nitrogens with one attached hydrogen (secondary N) is 1. The molecule has 8 heteroatoms. The first-order valence-corrected chi connectivity index (χ1v) is 12.9. The molecule has 4 rings (SSSR count). The number of piperazine rings is 1. The molecule has 0 bridgehead atoms. The molecule has 2 heterocycles. The van der Waals surface area contributed by atoms with E-state index in [9.17, 15) is 4.79 Å². The number of hydrogen-bond acceptors (Lipinski definition) is 6. The van der Waals surface area contributed by atoms with Gasteiger partial charge in [-0.2, -0.15) is 0 Å². The van der Waals surface area contributed by atoms with Crippen molar-refractivity contribution in [2.75, 3.05) is 50.8 Å².